The standard InChI is InChI=1S/C33H39N7O5S/c1-5-9-30-37-32-28(15-14-27(36-32)33(41)35-17-16-34)40(30)19-23-12-13-25(24(18-23)20-44-6-2)26-10-7-8-11-29(26)46(42,43)39-31-21(3)22(4)45-38-31/h7-8,10-15,18H,5-6,9,16-17,19-20,34H2,1-4H3,(H,35,41)(H,38,39). The summed E-state index contributed by atoms with van der Waals surface area (Å²) >= 11 is 0. The molecule has 4 N–H and O–H groups in total. The summed E-state index contributed by atoms with van der Waals surface area (Å²) in [5.74, 6) is 1.27. The Morgan fingerprint density at radius 1 is 1.04 bits per heavy atom. The van der Waals surface area contributed by atoms with Gasteiger partial charge in [0.05, 0.1) is 17.0 Å². The molecule has 0 unspecified atom stereocenters. The van der Waals surface area contributed by atoms with Crippen LogP contribution in [-0.4, -0.2) is 53.7 Å². The second-order valence-corrected chi connectivity index (χ2v) is 12.5. The maximum absolute atomic E-state index is 13.6. The van der Waals surface area contributed by atoms with Crippen LogP contribution in [0.2, 0.25) is 0 Å². The number of sulfonamides is 1. The highest BCUT2D eigenvalue weighted by atomic mass is 32.2. The van der Waals surface area contributed by atoms with Gasteiger partial charge >= 0.3 is 0 Å². The van der Waals surface area contributed by atoms with Crippen LogP contribution in [0.15, 0.2) is 64.0 Å². The number of rotatable bonds is 14. The number of nitrogens with two attached hydrogens (primary N) is 1. The number of ether oxygens (including phenoxy) is 1. The van der Waals surface area contributed by atoms with E-state index in [2.05, 4.69) is 31.7 Å². The largest absolute Gasteiger partial charge is 0.377 e. The van der Waals surface area contributed by atoms with Crippen LogP contribution >= 0.6 is 0 Å². The molecule has 5 rings (SSSR count). The third-order valence-electron chi connectivity index (χ3n) is 7.65. The van der Waals surface area contributed by atoms with Gasteiger partial charge in [-0.1, -0.05) is 48.5 Å². The molecule has 0 aliphatic heterocycles. The van der Waals surface area contributed by atoms with Crippen molar-refractivity contribution >= 4 is 32.9 Å². The first-order valence-electron chi connectivity index (χ1n) is 15.3. The van der Waals surface area contributed by atoms with Crippen molar-refractivity contribution in [2.24, 2.45) is 5.73 Å². The Balaban J connectivity index is 1.52. The Labute approximate surface area is 268 Å². The molecule has 13 heteroatoms. The number of benzene rings is 2. The third kappa shape index (κ3) is 6.96. The van der Waals surface area contributed by atoms with Gasteiger partial charge in [-0.2, -0.15) is 0 Å². The van der Waals surface area contributed by atoms with Crippen LogP contribution in [0.3, 0.4) is 0 Å². The summed E-state index contributed by atoms with van der Waals surface area (Å²) in [7, 11) is -4.01. The average Bonchev–Trinajstić information content (AvgIpc) is 3.55. The van der Waals surface area contributed by atoms with Crippen molar-refractivity contribution in [3.05, 3.63) is 88.6 Å². The zero-order chi connectivity index (χ0) is 32.8. The SMILES string of the molecule is CCCc1nc2nc(C(=O)NCCN)ccc2n1Cc1ccc(-c2ccccc2S(=O)(=O)Nc2noc(C)c2C)c(COCC)c1. The predicted molar refractivity (Wildman–Crippen MR) is 176 cm³/mol. The number of fused-ring (bicyclic) bond motifs is 1. The maximum atomic E-state index is 13.6. The molecule has 3 aromatic heterocycles. The number of anilines is 1. The number of pyridine rings is 1. The molecule has 0 radical (unpaired) electrons. The van der Waals surface area contributed by atoms with E-state index in [1.165, 1.54) is 0 Å². The van der Waals surface area contributed by atoms with Gasteiger partial charge in [0, 0.05) is 43.8 Å². The lowest BCUT2D eigenvalue weighted by molar-refractivity contribution is 0.0950. The lowest BCUT2D eigenvalue weighted by atomic mass is 9.97. The molecule has 0 spiro atoms. The monoisotopic (exact) mass is 645 g/mol. The van der Waals surface area contributed by atoms with Crippen LogP contribution in [0, 0.1) is 13.8 Å². The molecule has 12 nitrogen and oxygen atoms in total. The number of imidazole rings is 1. The molecule has 0 saturated heterocycles. The number of carbonyl (C=O) groups is 1. The molecular formula is C33H39N7O5S. The topological polar surface area (TPSA) is 167 Å². The van der Waals surface area contributed by atoms with Gasteiger partial charge < -0.3 is 24.9 Å². The lowest BCUT2D eigenvalue weighted by Gasteiger charge is -2.17. The van der Waals surface area contributed by atoms with Crippen LogP contribution in [0.5, 0.6) is 0 Å². The van der Waals surface area contributed by atoms with Crippen molar-refractivity contribution in [3.8, 4) is 11.1 Å². The van der Waals surface area contributed by atoms with E-state index >= 15 is 0 Å². The predicted octanol–water partition coefficient (Wildman–Crippen LogP) is 4.73. The summed E-state index contributed by atoms with van der Waals surface area (Å²) in [6, 6.07) is 16.4. The Bertz CT molecular complexity index is 1970. The lowest BCUT2D eigenvalue weighted by Crippen LogP contribution is -2.29. The minimum Gasteiger partial charge on any atom is -0.377 e. The molecule has 0 fully saturated rings. The molecular weight excluding hydrogens is 606 g/mol. The van der Waals surface area contributed by atoms with E-state index in [0.717, 1.165) is 40.9 Å². The normalized spacial score (nSPS) is 11.7. The van der Waals surface area contributed by atoms with Gasteiger partial charge in [0.1, 0.15) is 17.3 Å². The van der Waals surface area contributed by atoms with Crippen molar-refractivity contribution in [1.29, 1.82) is 0 Å². The summed E-state index contributed by atoms with van der Waals surface area (Å²) in [5.41, 5.74) is 10.8. The number of hydrogen-bond donors (Lipinski definition) is 3. The van der Waals surface area contributed by atoms with E-state index in [1.54, 1.807) is 38.1 Å². The molecule has 1 amide bonds. The molecule has 5 aromatic rings. The first kappa shape index (κ1) is 32.8. The van der Waals surface area contributed by atoms with Crippen LogP contribution in [0.4, 0.5) is 5.82 Å². The zero-order valence-corrected chi connectivity index (χ0v) is 27.3. The highest BCUT2D eigenvalue weighted by molar-refractivity contribution is 7.92. The second kappa shape index (κ2) is 14.2. The molecule has 2 aromatic carbocycles. The van der Waals surface area contributed by atoms with E-state index in [9.17, 15) is 13.2 Å². The second-order valence-electron chi connectivity index (χ2n) is 10.9. The van der Waals surface area contributed by atoms with Crippen LogP contribution in [-0.2, 0) is 34.3 Å². The number of aromatic nitrogens is 4. The summed E-state index contributed by atoms with van der Waals surface area (Å²) in [6.07, 6.45) is 1.62. The zero-order valence-electron chi connectivity index (χ0n) is 26.5. The van der Waals surface area contributed by atoms with E-state index in [-0.39, 0.29) is 22.3 Å². The molecule has 0 aliphatic rings. The Hall–Kier alpha value is -4.59. The van der Waals surface area contributed by atoms with Crippen LogP contribution in [0.25, 0.3) is 22.3 Å². The van der Waals surface area contributed by atoms with Gasteiger partial charge in [0.2, 0.25) is 0 Å². The van der Waals surface area contributed by atoms with Crippen LogP contribution < -0.4 is 15.8 Å². The fraction of sp³-hybridized carbons (Fsp3) is 0.333. The number of hydrogen-bond acceptors (Lipinski definition) is 9. The van der Waals surface area contributed by atoms with E-state index in [1.807, 2.05) is 37.3 Å². The summed E-state index contributed by atoms with van der Waals surface area (Å²) in [5, 5.41) is 6.63. The Kier molecular flexibility index (Phi) is 10.1. The Morgan fingerprint density at radius 3 is 2.57 bits per heavy atom. The molecule has 0 atom stereocenters. The average molecular weight is 646 g/mol. The molecule has 46 heavy (non-hydrogen) atoms. The highest BCUT2D eigenvalue weighted by Gasteiger charge is 2.24. The van der Waals surface area contributed by atoms with Gasteiger partial charge in [-0.25, -0.2) is 18.4 Å². The first-order chi connectivity index (χ1) is 22.2. The van der Waals surface area contributed by atoms with Gasteiger partial charge in [-0.05, 0) is 62.1 Å². The van der Waals surface area contributed by atoms with Crippen molar-refractivity contribution in [3.63, 3.8) is 0 Å². The Morgan fingerprint density at radius 2 is 1.85 bits per heavy atom. The molecule has 0 saturated carbocycles. The van der Waals surface area contributed by atoms with Gasteiger partial charge in [-0.15, -0.1) is 0 Å². The molecule has 3 heterocycles. The fourth-order valence-corrected chi connectivity index (χ4v) is 6.47. The van der Waals surface area contributed by atoms with Crippen molar-refractivity contribution in [2.75, 3.05) is 24.4 Å². The summed E-state index contributed by atoms with van der Waals surface area (Å²) in [6.45, 7) is 9.47. The first-order valence-corrected chi connectivity index (χ1v) is 16.7. The minimum absolute atomic E-state index is 0.115. The van der Waals surface area contributed by atoms with Crippen molar-refractivity contribution in [1.82, 2.24) is 25.0 Å². The van der Waals surface area contributed by atoms with E-state index in [0.29, 0.717) is 55.4 Å². The molecule has 0 aliphatic carbocycles. The van der Waals surface area contributed by atoms with Crippen molar-refractivity contribution < 1.29 is 22.5 Å². The number of amides is 1. The molecule has 0 bridgehead atoms. The van der Waals surface area contributed by atoms with E-state index in [4.69, 9.17) is 20.0 Å². The highest BCUT2D eigenvalue weighted by Crippen LogP contribution is 2.33. The minimum atomic E-state index is -4.01. The van der Waals surface area contributed by atoms with Crippen molar-refractivity contribution in [2.45, 2.75) is 58.6 Å². The fourth-order valence-electron chi connectivity index (χ4n) is 5.19. The number of nitrogens with one attached hydrogen (secondary N) is 2. The summed E-state index contributed by atoms with van der Waals surface area (Å²) in [4.78, 5) is 21.9. The van der Waals surface area contributed by atoms with Crippen LogP contribution in [0.1, 0.15) is 59.0 Å². The number of aryl methyl sites for hydroxylation is 2. The smallest absolute Gasteiger partial charge is 0.270 e. The van der Waals surface area contributed by atoms with Gasteiger partial charge in [-0.3, -0.25) is 9.52 Å². The van der Waals surface area contributed by atoms with Gasteiger partial charge in [0.25, 0.3) is 15.9 Å². The third-order valence-corrected chi connectivity index (χ3v) is 9.05. The molecule has 242 valence electrons. The van der Waals surface area contributed by atoms with Gasteiger partial charge in [0.15, 0.2) is 11.5 Å². The number of carbonyl (C=O) groups excluding carboxylic acids is 1. The number of nitrogens with zero attached hydrogens (tertiary/aromatic N) is 4. The summed E-state index contributed by atoms with van der Waals surface area (Å²) < 4.78 is 43.0. The quantitative estimate of drug-likeness (QED) is 0.155. The maximum Gasteiger partial charge on any atom is 0.270 e. The van der Waals surface area contributed by atoms with E-state index < -0.39 is 10.0 Å².